The number of benzene rings is 1. The average Bonchev–Trinajstić information content (AvgIpc) is 3.64. The molecule has 35 heavy (non-hydrogen) atoms. The van der Waals surface area contributed by atoms with Gasteiger partial charge in [-0.3, -0.25) is 34.1 Å². The van der Waals surface area contributed by atoms with E-state index in [1.54, 1.807) is 30.6 Å². The highest BCUT2D eigenvalue weighted by molar-refractivity contribution is 6.23. The van der Waals surface area contributed by atoms with Gasteiger partial charge in [0.15, 0.2) is 0 Å². The fraction of sp³-hybridized carbons (Fsp3) is 0.348. The number of piperidine rings is 1. The molecule has 2 unspecified atom stereocenters. The molecular weight excluding hydrogens is 454 g/mol. The Kier molecular flexibility index (Phi) is 5.02. The van der Waals surface area contributed by atoms with Crippen LogP contribution in [0.1, 0.15) is 40.0 Å². The fourth-order valence-electron chi connectivity index (χ4n) is 4.71. The largest absolute Gasteiger partial charge is 0.381 e. The Bertz CT molecular complexity index is 1370. The molecule has 6 rings (SSSR count). The minimum Gasteiger partial charge on any atom is -0.381 e. The van der Waals surface area contributed by atoms with Crippen LogP contribution < -0.4 is 5.32 Å². The lowest BCUT2D eigenvalue weighted by molar-refractivity contribution is -0.136. The van der Waals surface area contributed by atoms with Crippen LogP contribution in [0.2, 0.25) is 0 Å². The van der Waals surface area contributed by atoms with Gasteiger partial charge in [0, 0.05) is 37.3 Å². The maximum absolute atomic E-state index is 13.1. The third kappa shape index (κ3) is 3.71. The number of nitrogens with one attached hydrogen (secondary N) is 1. The summed E-state index contributed by atoms with van der Waals surface area (Å²) in [5.41, 5.74) is 2.37. The van der Waals surface area contributed by atoms with E-state index in [0.29, 0.717) is 17.3 Å². The van der Waals surface area contributed by atoms with Crippen LogP contribution in [-0.2, 0) is 20.9 Å². The monoisotopic (exact) mass is 475 g/mol. The Morgan fingerprint density at radius 3 is 2.71 bits per heavy atom. The van der Waals surface area contributed by atoms with E-state index in [1.165, 1.54) is 4.68 Å². The van der Waals surface area contributed by atoms with Crippen LogP contribution in [0.4, 0.5) is 0 Å². The maximum atomic E-state index is 13.1. The van der Waals surface area contributed by atoms with Gasteiger partial charge in [-0.1, -0.05) is 5.21 Å². The van der Waals surface area contributed by atoms with E-state index in [2.05, 4.69) is 20.7 Å². The summed E-state index contributed by atoms with van der Waals surface area (Å²) in [6.45, 7) is 2.30. The Balaban J connectivity index is 1.23. The fourth-order valence-corrected chi connectivity index (χ4v) is 4.71. The maximum Gasteiger partial charge on any atom is 0.262 e. The molecule has 3 aromatic rings. The number of hydrogen-bond donors (Lipinski definition) is 1. The number of fused-ring (bicyclic) bond motifs is 1. The van der Waals surface area contributed by atoms with E-state index in [-0.39, 0.29) is 24.0 Å². The van der Waals surface area contributed by atoms with Gasteiger partial charge in [-0.05, 0) is 31.0 Å². The van der Waals surface area contributed by atoms with Gasteiger partial charge >= 0.3 is 0 Å². The van der Waals surface area contributed by atoms with Crippen molar-refractivity contribution in [3.63, 3.8) is 0 Å². The Labute approximate surface area is 198 Å². The summed E-state index contributed by atoms with van der Waals surface area (Å²) in [6, 6.07) is 3.76. The van der Waals surface area contributed by atoms with Crippen LogP contribution in [0.3, 0.4) is 0 Å². The van der Waals surface area contributed by atoms with Gasteiger partial charge in [0.1, 0.15) is 11.7 Å². The lowest BCUT2D eigenvalue weighted by Gasteiger charge is -2.27. The molecule has 4 amide bonds. The topological polar surface area (TPSA) is 141 Å². The lowest BCUT2D eigenvalue weighted by Crippen LogP contribution is -2.54. The number of imide groups is 2. The third-order valence-corrected chi connectivity index (χ3v) is 6.58. The van der Waals surface area contributed by atoms with E-state index in [0.717, 1.165) is 36.6 Å². The summed E-state index contributed by atoms with van der Waals surface area (Å²) in [5, 5.41) is 15.0. The van der Waals surface area contributed by atoms with Crippen molar-refractivity contribution in [1.82, 2.24) is 35.0 Å². The first-order valence-corrected chi connectivity index (χ1v) is 11.4. The Hall–Kier alpha value is -4.19. The Morgan fingerprint density at radius 2 is 1.91 bits per heavy atom. The van der Waals surface area contributed by atoms with Crippen LogP contribution >= 0.6 is 0 Å². The highest BCUT2D eigenvalue weighted by Crippen LogP contribution is 2.29. The predicted molar refractivity (Wildman–Crippen MR) is 118 cm³/mol. The first-order chi connectivity index (χ1) is 17.0. The number of rotatable bonds is 5. The number of aromatic nitrogens is 5. The normalized spacial score (nSPS) is 22.1. The zero-order chi connectivity index (χ0) is 24.1. The molecule has 12 nitrogen and oxygen atoms in total. The molecular formula is C23H21N7O5. The van der Waals surface area contributed by atoms with Crippen molar-refractivity contribution in [2.24, 2.45) is 5.92 Å². The molecule has 0 radical (unpaired) electrons. The van der Waals surface area contributed by atoms with Crippen molar-refractivity contribution < 1.29 is 23.9 Å². The molecule has 2 saturated heterocycles. The van der Waals surface area contributed by atoms with Crippen LogP contribution in [0.15, 0.2) is 36.8 Å². The van der Waals surface area contributed by atoms with Crippen molar-refractivity contribution in [2.75, 3.05) is 13.2 Å². The van der Waals surface area contributed by atoms with Crippen molar-refractivity contribution in [3.05, 3.63) is 47.9 Å². The number of carbonyl (C=O) groups is 4. The molecule has 0 bridgehead atoms. The minimum atomic E-state index is -1.01. The van der Waals surface area contributed by atoms with Gasteiger partial charge in [0.2, 0.25) is 11.8 Å². The van der Waals surface area contributed by atoms with Crippen molar-refractivity contribution >= 4 is 23.6 Å². The number of amides is 4. The van der Waals surface area contributed by atoms with E-state index in [9.17, 15) is 19.2 Å². The summed E-state index contributed by atoms with van der Waals surface area (Å²) in [5.74, 6) is -1.72. The van der Waals surface area contributed by atoms with E-state index in [1.807, 2.05) is 10.9 Å². The molecule has 0 saturated carbocycles. The smallest absolute Gasteiger partial charge is 0.262 e. The second-order valence-electron chi connectivity index (χ2n) is 8.91. The highest BCUT2D eigenvalue weighted by Gasteiger charge is 2.44. The zero-order valence-corrected chi connectivity index (χ0v) is 18.6. The van der Waals surface area contributed by atoms with Gasteiger partial charge in [-0.25, -0.2) is 4.68 Å². The van der Waals surface area contributed by atoms with E-state index in [4.69, 9.17) is 4.74 Å². The van der Waals surface area contributed by atoms with E-state index < -0.39 is 29.7 Å². The molecule has 1 N–H and O–H groups in total. The molecule has 178 valence electrons. The molecule has 5 heterocycles. The predicted octanol–water partition coefficient (Wildman–Crippen LogP) is 0.568. The van der Waals surface area contributed by atoms with Crippen molar-refractivity contribution in [2.45, 2.75) is 31.8 Å². The molecule has 2 atom stereocenters. The number of nitrogens with zero attached hydrogens (tertiary/aromatic N) is 6. The second-order valence-corrected chi connectivity index (χ2v) is 8.91. The van der Waals surface area contributed by atoms with Gasteiger partial charge in [0.05, 0.1) is 35.8 Å². The van der Waals surface area contributed by atoms with E-state index >= 15 is 0 Å². The highest BCUT2D eigenvalue weighted by atomic mass is 16.5. The summed E-state index contributed by atoms with van der Waals surface area (Å²) in [7, 11) is 0. The molecule has 3 aliphatic rings. The van der Waals surface area contributed by atoms with Crippen molar-refractivity contribution in [3.8, 4) is 16.9 Å². The molecule has 12 heteroatoms. The number of ether oxygens (including phenoxy) is 1. The first-order valence-electron chi connectivity index (χ1n) is 11.4. The molecule has 3 aliphatic heterocycles. The standard InChI is InChI=1S/C23H21N7O5/c31-20-4-3-19(21(32)25-20)30-22(33)16-2-1-15(7-17(16)23(30)34)29-11-18(26-27-29)14-8-24-28(10-14)9-13-5-6-35-12-13/h1-2,7-8,10-11,13,19H,3-6,9,12H2,(H,25,31,32). The average molecular weight is 475 g/mol. The van der Waals surface area contributed by atoms with Crippen molar-refractivity contribution in [1.29, 1.82) is 0 Å². The van der Waals surface area contributed by atoms with Crippen LogP contribution in [0.5, 0.6) is 0 Å². The quantitative estimate of drug-likeness (QED) is 0.528. The van der Waals surface area contributed by atoms with Gasteiger partial charge in [-0.15, -0.1) is 5.10 Å². The number of hydrogen-bond acceptors (Lipinski definition) is 8. The number of carbonyl (C=O) groups excluding carboxylic acids is 4. The molecule has 2 fully saturated rings. The third-order valence-electron chi connectivity index (χ3n) is 6.58. The second kappa shape index (κ2) is 8.24. The summed E-state index contributed by atoms with van der Waals surface area (Å²) in [4.78, 5) is 50.6. The SMILES string of the molecule is O=C1CCC(N2C(=O)c3ccc(-n4cc(-c5cnn(CC6CCOC6)c5)nn4)cc3C2=O)C(=O)N1. The molecule has 0 aliphatic carbocycles. The van der Waals surface area contributed by atoms with Gasteiger partial charge in [-0.2, -0.15) is 5.10 Å². The molecule has 2 aromatic heterocycles. The summed E-state index contributed by atoms with van der Waals surface area (Å²) in [6.07, 6.45) is 6.56. The molecule has 1 aromatic carbocycles. The first kappa shape index (κ1) is 21.4. The summed E-state index contributed by atoms with van der Waals surface area (Å²) >= 11 is 0. The van der Waals surface area contributed by atoms with Gasteiger partial charge in [0.25, 0.3) is 11.8 Å². The van der Waals surface area contributed by atoms with Crippen LogP contribution in [0.25, 0.3) is 16.9 Å². The Morgan fingerprint density at radius 1 is 1.06 bits per heavy atom. The zero-order valence-electron chi connectivity index (χ0n) is 18.6. The summed E-state index contributed by atoms with van der Waals surface area (Å²) < 4.78 is 8.81. The van der Waals surface area contributed by atoms with Crippen LogP contribution in [-0.4, -0.2) is 72.6 Å². The molecule has 0 spiro atoms. The van der Waals surface area contributed by atoms with Crippen LogP contribution in [0, 0.1) is 5.92 Å². The minimum absolute atomic E-state index is 0.0712. The lowest BCUT2D eigenvalue weighted by atomic mass is 10.0. The van der Waals surface area contributed by atoms with Gasteiger partial charge < -0.3 is 4.74 Å².